The van der Waals surface area contributed by atoms with Gasteiger partial charge in [0.25, 0.3) is 0 Å². The first-order valence-corrected chi connectivity index (χ1v) is 9.10. The molecule has 0 aliphatic carbocycles. The van der Waals surface area contributed by atoms with Crippen molar-refractivity contribution in [3.05, 3.63) is 0 Å². The molecule has 1 nitrogen and oxygen atoms in total. The fraction of sp³-hybridized carbons (Fsp3) is 0.867. The summed E-state index contributed by atoms with van der Waals surface area (Å²) in [6, 6.07) is 0. The zero-order chi connectivity index (χ0) is 13.6. The Bertz CT molecular complexity index is 228. The molecular formula is C15H30OSi. The van der Waals surface area contributed by atoms with Gasteiger partial charge in [0.15, 0.2) is 0 Å². The monoisotopic (exact) mass is 254 g/mol. The summed E-state index contributed by atoms with van der Waals surface area (Å²) in [7, 11) is -1.79. The van der Waals surface area contributed by atoms with E-state index in [-0.39, 0.29) is 6.10 Å². The first-order chi connectivity index (χ1) is 7.82. The summed E-state index contributed by atoms with van der Waals surface area (Å²) in [5.41, 5.74) is 1.82. The Balaban J connectivity index is 5.11. The molecule has 0 aromatic heterocycles. The van der Waals surface area contributed by atoms with E-state index in [1.165, 1.54) is 0 Å². The molecule has 0 saturated heterocycles. The summed E-state index contributed by atoms with van der Waals surface area (Å²) >= 11 is 0. The molecule has 0 amide bonds. The molecule has 0 radical (unpaired) electrons. The van der Waals surface area contributed by atoms with E-state index in [4.69, 9.17) is 10.8 Å². The van der Waals surface area contributed by atoms with E-state index >= 15 is 0 Å². The van der Waals surface area contributed by atoms with Crippen molar-refractivity contribution in [1.82, 2.24) is 0 Å². The largest absolute Gasteiger partial charge is 0.403 e. The highest BCUT2D eigenvalue weighted by Crippen LogP contribution is 2.43. The van der Waals surface area contributed by atoms with Crippen molar-refractivity contribution in [2.24, 2.45) is 0 Å². The van der Waals surface area contributed by atoms with Crippen LogP contribution in [-0.2, 0) is 4.43 Å². The second-order valence-corrected chi connectivity index (χ2v) is 11.3. The Labute approximate surface area is 109 Å². The van der Waals surface area contributed by atoms with Crippen molar-refractivity contribution in [3.63, 3.8) is 0 Å². The third kappa shape index (κ3) is 3.86. The first-order valence-electron chi connectivity index (χ1n) is 6.96. The fourth-order valence-corrected chi connectivity index (χ4v) is 8.59. The molecule has 100 valence electrons. The normalized spacial score (nSPS) is 14.4. The fourth-order valence-electron chi connectivity index (χ4n) is 3.09. The molecule has 0 aromatic carbocycles. The predicted molar refractivity (Wildman–Crippen MR) is 79.7 cm³/mol. The lowest BCUT2D eigenvalue weighted by molar-refractivity contribution is 0.214. The maximum atomic E-state index is 6.51. The molecule has 0 saturated carbocycles. The molecule has 0 N–H and O–H groups in total. The molecule has 0 aliphatic heterocycles. The summed E-state index contributed by atoms with van der Waals surface area (Å²) < 4.78 is 6.51. The van der Waals surface area contributed by atoms with E-state index in [0.717, 1.165) is 12.8 Å². The Kier molecular flexibility index (Phi) is 7.12. The SMILES string of the molecule is C#CC(CCC)O[Si](C(C)C)(C(C)C)C(C)C. The van der Waals surface area contributed by atoms with E-state index in [1.807, 2.05) is 0 Å². The highest BCUT2D eigenvalue weighted by atomic mass is 28.4. The van der Waals surface area contributed by atoms with Crippen LogP contribution < -0.4 is 0 Å². The lowest BCUT2D eigenvalue weighted by Crippen LogP contribution is -2.50. The van der Waals surface area contributed by atoms with Gasteiger partial charge < -0.3 is 4.43 Å². The van der Waals surface area contributed by atoms with Crippen LogP contribution in [0.4, 0.5) is 0 Å². The van der Waals surface area contributed by atoms with Crippen LogP contribution in [0.5, 0.6) is 0 Å². The molecule has 0 fully saturated rings. The molecule has 17 heavy (non-hydrogen) atoms. The number of terminal acetylenes is 1. The molecule has 1 atom stereocenters. The molecule has 1 unspecified atom stereocenters. The highest BCUT2D eigenvalue weighted by molar-refractivity contribution is 6.77. The van der Waals surface area contributed by atoms with E-state index in [0.29, 0.717) is 16.6 Å². The van der Waals surface area contributed by atoms with Crippen molar-refractivity contribution >= 4 is 8.32 Å². The first kappa shape index (κ1) is 16.7. The van der Waals surface area contributed by atoms with Gasteiger partial charge in [0.05, 0.1) is 0 Å². The van der Waals surface area contributed by atoms with Crippen LogP contribution in [-0.4, -0.2) is 14.4 Å². The average Bonchev–Trinajstić information content (AvgIpc) is 2.22. The van der Waals surface area contributed by atoms with Gasteiger partial charge in [0.1, 0.15) is 6.10 Å². The smallest absolute Gasteiger partial charge is 0.202 e. The third-order valence-electron chi connectivity index (χ3n) is 3.79. The quantitative estimate of drug-likeness (QED) is 0.460. The summed E-state index contributed by atoms with van der Waals surface area (Å²) in [6.45, 7) is 15.9. The predicted octanol–water partition coefficient (Wildman–Crippen LogP) is 4.98. The van der Waals surface area contributed by atoms with E-state index in [9.17, 15) is 0 Å². The standard InChI is InChI=1S/C15H30OSi/c1-9-11-15(10-2)16-17(12(3)4,13(5)6)14(7)8/h2,12-15H,9,11H2,1,3-8H3. The van der Waals surface area contributed by atoms with Crippen LogP contribution in [0.15, 0.2) is 0 Å². The minimum atomic E-state index is -1.79. The number of rotatable bonds is 7. The highest BCUT2D eigenvalue weighted by Gasteiger charge is 2.46. The Morgan fingerprint density at radius 1 is 1.00 bits per heavy atom. The zero-order valence-corrected chi connectivity index (χ0v) is 13.7. The van der Waals surface area contributed by atoms with Crippen molar-refractivity contribution < 1.29 is 4.43 Å². The van der Waals surface area contributed by atoms with Crippen LogP contribution in [0.1, 0.15) is 61.3 Å². The minimum Gasteiger partial charge on any atom is -0.403 e. The molecular weight excluding hydrogens is 224 g/mol. The summed E-state index contributed by atoms with van der Waals surface area (Å²) in [6.07, 6.45) is 7.70. The molecule has 2 heteroatoms. The lowest BCUT2D eigenvalue weighted by Gasteiger charge is -2.43. The molecule has 0 aromatic rings. The Morgan fingerprint density at radius 3 is 1.65 bits per heavy atom. The summed E-state index contributed by atoms with van der Waals surface area (Å²) in [4.78, 5) is 0. The Morgan fingerprint density at radius 2 is 1.41 bits per heavy atom. The van der Waals surface area contributed by atoms with Gasteiger partial charge in [-0.05, 0) is 23.0 Å². The molecule has 0 rings (SSSR count). The van der Waals surface area contributed by atoms with Gasteiger partial charge >= 0.3 is 0 Å². The second-order valence-electron chi connectivity index (χ2n) is 5.88. The summed E-state index contributed by atoms with van der Waals surface area (Å²) in [5.74, 6) is 2.84. The molecule has 0 aliphatic rings. The van der Waals surface area contributed by atoms with Gasteiger partial charge in [-0.15, -0.1) is 6.42 Å². The molecule has 0 bridgehead atoms. The van der Waals surface area contributed by atoms with E-state index in [2.05, 4.69) is 54.4 Å². The van der Waals surface area contributed by atoms with Crippen LogP contribution in [0.3, 0.4) is 0 Å². The van der Waals surface area contributed by atoms with Gasteiger partial charge in [0, 0.05) is 0 Å². The van der Waals surface area contributed by atoms with Crippen LogP contribution >= 0.6 is 0 Å². The van der Waals surface area contributed by atoms with Crippen LogP contribution in [0.2, 0.25) is 16.6 Å². The van der Waals surface area contributed by atoms with E-state index in [1.54, 1.807) is 0 Å². The van der Waals surface area contributed by atoms with Crippen molar-refractivity contribution in [2.75, 3.05) is 0 Å². The number of hydrogen-bond acceptors (Lipinski definition) is 1. The van der Waals surface area contributed by atoms with Crippen molar-refractivity contribution in [1.29, 1.82) is 0 Å². The van der Waals surface area contributed by atoms with E-state index < -0.39 is 8.32 Å². The van der Waals surface area contributed by atoms with Gasteiger partial charge in [-0.2, -0.15) is 0 Å². The minimum absolute atomic E-state index is 0.0128. The maximum Gasteiger partial charge on any atom is 0.202 e. The Hall–Kier alpha value is -0.263. The number of hydrogen-bond donors (Lipinski definition) is 0. The van der Waals surface area contributed by atoms with Crippen molar-refractivity contribution in [3.8, 4) is 12.3 Å². The van der Waals surface area contributed by atoms with Gasteiger partial charge in [-0.3, -0.25) is 0 Å². The van der Waals surface area contributed by atoms with Gasteiger partial charge in [-0.1, -0.05) is 60.8 Å². The van der Waals surface area contributed by atoms with Crippen LogP contribution in [0.25, 0.3) is 0 Å². The van der Waals surface area contributed by atoms with Crippen LogP contribution in [0, 0.1) is 12.3 Å². The topological polar surface area (TPSA) is 9.23 Å². The summed E-state index contributed by atoms with van der Waals surface area (Å²) in [5, 5.41) is 0. The van der Waals surface area contributed by atoms with Crippen molar-refractivity contribution in [2.45, 2.75) is 84.0 Å². The van der Waals surface area contributed by atoms with Gasteiger partial charge in [0.2, 0.25) is 8.32 Å². The average molecular weight is 254 g/mol. The lowest BCUT2D eigenvalue weighted by atomic mass is 10.2. The maximum absolute atomic E-state index is 6.51. The zero-order valence-electron chi connectivity index (χ0n) is 12.7. The molecule has 0 heterocycles. The molecule has 0 spiro atoms. The second kappa shape index (κ2) is 7.23. The van der Waals surface area contributed by atoms with Gasteiger partial charge in [-0.25, -0.2) is 0 Å². The third-order valence-corrected chi connectivity index (χ3v) is 9.90.